The molecular formula is C45H74N12O15S3. The molecule has 0 unspecified atom stereocenters. The summed E-state index contributed by atoms with van der Waals surface area (Å²) in [7, 11) is 1.88. The van der Waals surface area contributed by atoms with Crippen LogP contribution in [0.1, 0.15) is 85.5 Å². The second-order valence-electron chi connectivity index (χ2n) is 18.5. The van der Waals surface area contributed by atoms with Gasteiger partial charge in [-0.25, -0.2) is 0 Å². The van der Waals surface area contributed by atoms with Gasteiger partial charge < -0.3 is 79.1 Å². The summed E-state index contributed by atoms with van der Waals surface area (Å²) in [5.74, 6) is -12.0. The number of aliphatic hydroxyl groups excluding tert-OH is 2. The zero-order valence-corrected chi connectivity index (χ0v) is 45.2. The van der Waals surface area contributed by atoms with Crippen molar-refractivity contribution in [1.29, 1.82) is 0 Å². The Morgan fingerprint density at radius 1 is 0.773 bits per heavy atom. The Balaban J connectivity index is 2.13. The number of aliphatic carboxylic acids is 1. The smallest absolute Gasteiger partial charge is 0.305 e. The minimum absolute atomic E-state index is 0.00310. The average molecular weight is 1120 g/mol. The van der Waals surface area contributed by atoms with Crippen LogP contribution >= 0.6 is 33.3 Å². The van der Waals surface area contributed by atoms with E-state index in [2.05, 4.69) is 42.5 Å². The molecule has 0 aromatic carbocycles. The number of nitrogens with two attached hydrogens (primary N) is 2. The molecule has 3 rings (SSSR count). The summed E-state index contributed by atoms with van der Waals surface area (Å²) in [5, 5.41) is 50.4. The van der Waals surface area contributed by atoms with Gasteiger partial charge in [0.05, 0.1) is 19.1 Å². The van der Waals surface area contributed by atoms with Gasteiger partial charge in [-0.3, -0.25) is 57.5 Å². The number of carbonyl (C=O) groups is 12. The normalized spacial score (nSPS) is 26.6. The van der Waals surface area contributed by atoms with Crippen LogP contribution < -0.4 is 54.0 Å². The molecule has 75 heavy (non-hydrogen) atoms. The number of thioether (sulfide) groups is 1. The highest BCUT2D eigenvalue weighted by Crippen LogP contribution is 2.27. The molecule has 0 radical (unpaired) electrons. The molecule has 3 fully saturated rings. The van der Waals surface area contributed by atoms with Crippen LogP contribution in [0.15, 0.2) is 0 Å². The van der Waals surface area contributed by atoms with Crippen molar-refractivity contribution in [3.05, 3.63) is 0 Å². The number of primary amides is 1. The van der Waals surface area contributed by atoms with Gasteiger partial charge in [0.15, 0.2) is 0 Å². The van der Waals surface area contributed by atoms with Gasteiger partial charge in [-0.1, -0.05) is 41.9 Å². The summed E-state index contributed by atoms with van der Waals surface area (Å²) >= 11 is 1.32. The van der Waals surface area contributed by atoms with Crippen LogP contribution in [0.25, 0.3) is 0 Å². The van der Waals surface area contributed by atoms with Crippen LogP contribution in [-0.4, -0.2) is 212 Å². The first-order valence-electron chi connectivity index (χ1n) is 24.7. The van der Waals surface area contributed by atoms with Crippen molar-refractivity contribution in [3.63, 3.8) is 0 Å². The molecule has 0 aromatic rings. The van der Waals surface area contributed by atoms with E-state index in [4.69, 9.17) is 11.5 Å². The van der Waals surface area contributed by atoms with Crippen molar-refractivity contribution in [2.75, 3.05) is 49.8 Å². The molecule has 0 aromatic heterocycles. The van der Waals surface area contributed by atoms with Crippen molar-refractivity contribution >= 4 is 104 Å². The molecule has 3 aliphatic rings. The lowest BCUT2D eigenvalue weighted by Crippen LogP contribution is -2.62. The largest absolute Gasteiger partial charge is 0.481 e. The van der Waals surface area contributed by atoms with E-state index >= 15 is 0 Å². The lowest BCUT2D eigenvalue weighted by atomic mass is 9.96. The Morgan fingerprint density at radius 2 is 1.35 bits per heavy atom. The van der Waals surface area contributed by atoms with E-state index < -0.39 is 156 Å². The zero-order chi connectivity index (χ0) is 56.1. The molecule has 422 valence electrons. The highest BCUT2D eigenvalue weighted by Gasteiger charge is 2.44. The third kappa shape index (κ3) is 19.3. The first-order valence-corrected chi connectivity index (χ1v) is 28.6. The summed E-state index contributed by atoms with van der Waals surface area (Å²) in [6.07, 6.45) is 0.499. The van der Waals surface area contributed by atoms with Crippen LogP contribution in [0.3, 0.4) is 0 Å². The minimum atomic E-state index is -1.78. The zero-order valence-electron chi connectivity index (χ0n) is 42.8. The van der Waals surface area contributed by atoms with Crippen molar-refractivity contribution in [3.8, 4) is 0 Å². The second-order valence-corrected chi connectivity index (χ2v) is 22.0. The molecule has 27 nitrogen and oxygen atoms in total. The number of rotatable bonds is 18. The van der Waals surface area contributed by atoms with Gasteiger partial charge in [0.2, 0.25) is 65.0 Å². The number of hydrogen-bond acceptors (Lipinski definition) is 18. The number of amides is 11. The highest BCUT2D eigenvalue weighted by atomic mass is 33.1. The molecule has 3 saturated heterocycles. The molecule has 15 N–H and O–H groups in total. The number of carbonyl (C=O) groups excluding carboxylic acids is 11. The second kappa shape index (κ2) is 31.6. The standard InChI is InChI=1S/C45H74N12O15S3/c1-6-22(2)34-45(72)57-16-9-12-32(57)42(69)55-35(23(3)59)43(70)52-29(36(47)63)20-74-75-21-30(53-37(64)25(10-7-14-46)49-40(67)28(19-58)48-24(4)60)44(71)56-15-8-11-31(56)41(68)50-26(13-17-73-5)38(65)51-27(18-33(61)62)39(66)54-34/h22-23,25-32,34-35,58-59H,6-21,46H2,1-5H3,(H2,47,63)(H,48,60)(H,49,67)(H,50,68)(H,51,65)(H,52,70)(H,53,64)(H,54,66)(H,55,69)(H,61,62)/t22-,23+,25-,26-,27-,28-,29-,30-,31-,32-,34-,35-/m0/s1. The molecule has 0 bridgehead atoms. The van der Waals surface area contributed by atoms with Crippen LogP contribution in [-0.2, 0) is 57.5 Å². The fourth-order valence-electron chi connectivity index (χ4n) is 8.44. The number of carboxylic acids is 1. The maximum absolute atomic E-state index is 14.7. The Morgan fingerprint density at radius 3 is 1.89 bits per heavy atom. The third-order valence-electron chi connectivity index (χ3n) is 12.8. The number of fused-ring (bicyclic) bond motifs is 2. The predicted molar refractivity (Wildman–Crippen MR) is 276 cm³/mol. The molecule has 0 aliphatic carbocycles. The highest BCUT2D eigenvalue weighted by molar-refractivity contribution is 8.76. The van der Waals surface area contributed by atoms with Gasteiger partial charge in [-0.2, -0.15) is 11.8 Å². The lowest BCUT2D eigenvalue weighted by Gasteiger charge is -2.33. The molecule has 11 amide bonds. The number of hydrogen-bond donors (Lipinski definition) is 13. The number of aliphatic hydroxyl groups is 2. The summed E-state index contributed by atoms with van der Waals surface area (Å²) in [4.78, 5) is 165. The molecule has 0 spiro atoms. The molecule has 3 aliphatic heterocycles. The molecular weight excluding hydrogens is 1040 g/mol. The van der Waals surface area contributed by atoms with Gasteiger partial charge in [-0.15, -0.1) is 0 Å². The van der Waals surface area contributed by atoms with Gasteiger partial charge >= 0.3 is 5.97 Å². The van der Waals surface area contributed by atoms with E-state index in [9.17, 15) is 72.9 Å². The van der Waals surface area contributed by atoms with E-state index in [0.29, 0.717) is 18.6 Å². The molecule has 3 heterocycles. The van der Waals surface area contributed by atoms with Gasteiger partial charge in [-0.05, 0) is 76.3 Å². The van der Waals surface area contributed by atoms with Crippen LogP contribution in [0.2, 0.25) is 0 Å². The summed E-state index contributed by atoms with van der Waals surface area (Å²) < 4.78 is 0. The van der Waals surface area contributed by atoms with E-state index in [1.165, 1.54) is 28.5 Å². The Bertz CT molecular complexity index is 2080. The molecule has 0 saturated carbocycles. The first-order chi connectivity index (χ1) is 35.5. The molecule has 12 atom stereocenters. The van der Waals surface area contributed by atoms with E-state index in [-0.39, 0.29) is 69.7 Å². The van der Waals surface area contributed by atoms with Crippen molar-refractivity contribution < 1.29 is 72.9 Å². The average Bonchev–Trinajstić information content (AvgIpc) is 4.07. The van der Waals surface area contributed by atoms with Crippen molar-refractivity contribution in [2.24, 2.45) is 17.4 Å². The lowest BCUT2D eigenvalue weighted by molar-refractivity contribution is -0.145. The summed E-state index contributed by atoms with van der Waals surface area (Å²) in [6.45, 7) is 5.01. The third-order valence-corrected chi connectivity index (χ3v) is 15.9. The maximum Gasteiger partial charge on any atom is 0.305 e. The summed E-state index contributed by atoms with van der Waals surface area (Å²) in [5.41, 5.74) is 11.4. The van der Waals surface area contributed by atoms with E-state index in [1.807, 2.05) is 0 Å². The quantitative estimate of drug-likeness (QED) is 0.0573. The Kier molecular flexibility index (Phi) is 26.9. The van der Waals surface area contributed by atoms with E-state index in [1.54, 1.807) is 20.1 Å². The molecule has 30 heteroatoms. The van der Waals surface area contributed by atoms with E-state index in [0.717, 1.165) is 28.5 Å². The maximum atomic E-state index is 14.7. The monoisotopic (exact) mass is 1120 g/mol. The van der Waals surface area contributed by atoms with Crippen LogP contribution in [0.5, 0.6) is 0 Å². The fourth-order valence-corrected chi connectivity index (χ4v) is 11.2. The first kappa shape index (κ1) is 63.9. The predicted octanol–water partition coefficient (Wildman–Crippen LogP) is -4.87. The van der Waals surface area contributed by atoms with Crippen LogP contribution in [0, 0.1) is 5.92 Å². The number of carboxylic acid groups (broad SMARTS) is 1. The van der Waals surface area contributed by atoms with Gasteiger partial charge in [0.1, 0.15) is 60.4 Å². The summed E-state index contributed by atoms with van der Waals surface area (Å²) in [6, 6.07) is -14.3. The fraction of sp³-hybridized carbons (Fsp3) is 0.733. The number of nitrogens with one attached hydrogen (secondary N) is 8. The number of nitrogens with zero attached hydrogens (tertiary/aromatic N) is 2. The Hall–Kier alpha value is -5.43. The van der Waals surface area contributed by atoms with Crippen molar-refractivity contribution in [1.82, 2.24) is 52.3 Å². The van der Waals surface area contributed by atoms with Crippen LogP contribution in [0.4, 0.5) is 0 Å². The van der Waals surface area contributed by atoms with Gasteiger partial charge in [0, 0.05) is 31.5 Å². The topological polar surface area (TPSA) is 420 Å². The Labute approximate surface area is 446 Å². The SMILES string of the molecule is CC[C@H](C)[C@@H]1NC(=O)[C@H](CC(=O)O)NC(=O)[C@H](CCSC)NC(=O)[C@@H]2CCCN2C(=O)[C@@H](NC(=O)[C@H](CCCN)NC(=O)[C@H](CO)NC(C)=O)CSSC[C@@H](C(N)=O)NC(=O)[C@H]([C@@H](C)O)NC(=O)[C@@H]2CCCN2C1=O. The van der Waals surface area contributed by atoms with Crippen molar-refractivity contribution in [2.45, 2.75) is 152 Å². The van der Waals surface area contributed by atoms with Gasteiger partial charge in [0.25, 0.3) is 0 Å². The minimum Gasteiger partial charge on any atom is -0.481 e.